The minimum absolute atomic E-state index is 0.0261. The number of nitrogens with zero attached hydrogens (tertiary/aromatic N) is 3. The Labute approximate surface area is 152 Å². The zero-order valence-electron chi connectivity index (χ0n) is 14.4. The first-order valence-electron chi connectivity index (χ1n) is 8.55. The Bertz CT molecular complexity index is 800. The second-order valence-corrected chi connectivity index (χ2v) is 7.80. The molecule has 0 saturated heterocycles. The van der Waals surface area contributed by atoms with Crippen LogP contribution in [-0.2, 0) is 4.87 Å². The molecule has 6 heteroatoms. The Morgan fingerprint density at radius 2 is 2.28 bits per heavy atom. The van der Waals surface area contributed by atoms with Crippen molar-refractivity contribution < 1.29 is 5.11 Å². The highest BCUT2D eigenvalue weighted by Gasteiger charge is 2.52. The number of benzene rings is 1. The van der Waals surface area contributed by atoms with Crippen LogP contribution in [0, 0.1) is 5.92 Å². The van der Waals surface area contributed by atoms with E-state index < -0.39 is 4.87 Å². The highest BCUT2D eigenvalue weighted by molar-refractivity contribution is 8.15. The van der Waals surface area contributed by atoms with E-state index in [2.05, 4.69) is 57.9 Å². The molecule has 0 fully saturated rings. The summed E-state index contributed by atoms with van der Waals surface area (Å²) in [6.07, 6.45) is 9.51. The first-order valence-corrected chi connectivity index (χ1v) is 9.37. The van der Waals surface area contributed by atoms with Crippen molar-refractivity contribution in [2.75, 3.05) is 18.6 Å². The first kappa shape index (κ1) is 16.4. The normalized spacial score (nSPS) is 29.9. The largest absolute Gasteiger partial charge is 0.394 e. The lowest BCUT2D eigenvalue weighted by atomic mass is 10.0. The fourth-order valence-electron chi connectivity index (χ4n) is 3.43. The van der Waals surface area contributed by atoms with E-state index in [1.807, 2.05) is 20.0 Å². The number of hydrazone groups is 1. The van der Waals surface area contributed by atoms with Crippen molar-refractivity contribution >= 4 is 28.3 Å². The van der Waals surface area contributed by atoms with E-state index in [0.717, 1.165) is 23.0 Å². The van der Waals surface area contributed by atoms with Crippen molar-refractivity contribution in [1.29, 1.82) is 0 Å². The summed E-state index contributed by atoms with van der Waals surface area (Å²) < 4.78 is 0. The summed E-state index contributed by atoms with van der Waals surface area (Å²) in [6.45, 7) is 1.95. The number of allylic oxidation sites excluding steroid dienone is 4. The zero-order chi connectivity index (χ0) is 17.4. The molecule has 5 nitrogen and oxygen atoms in total. The summed E-state index contributed by atoms with van der Waals surface area (Å²) in [6, 6.07) is 8.17. The van der Waals surface area contributed by atoms with Gasteiger partial charge in [0.2, 0.25) is 0 Å². The van der Waals surface area contributed by atoms with Gasteiger partial charge in [-0.15, -0.1) is 0 Å². The highest BCUT2D eigenvalue weighted by atomic mass is 32.2. The minimum atomic E-state index is -0.515. The molecule has 3 atom stereocenters. The molecule has 4 rings (SSSR count). The maximum absolute atomic E-state index is 9.49. The standard InChI is InChI=1S/C19H22N4OS/c1-13(12-24)20-18-19(15-10-6-7-11-16(15)23(18)2)22-21-17(25-19)14-8-4-3-5-9-14/h3-8,10-11,13-14,22,24H,9,12H2,1-2H3. The van der Waals surface area contributed by atoms with Gasteiger partial charge < -0.3 is 10.0 Å². The summed E-state index contributed by atoms with van der Waals surface area (Å²) in [5, 5.41) is 15.3. The quantitative estimate of drug-likeness (QED) is 0.876. The van der Waals surface area contributed by atoms with Crippen molar-refractivity contribution in [3.63, 3.8) is 0 Å². The van der Waals surface area contributed by atoms with Gasteiger partial charge in [0.25, 0.3) is 0 Å². The van der Waals surface area contributed by atoms with Crippen LogP contribution >= 0.6 is 11.8 Å². The predicted molar refractivity (Wildman–Crippen MR) is 105 cm³/mol. The second kappa shape index (κ2) is 6.35. The fraction of sp³-hybridized carbons (Fsp3) is 0.368. The fourth-order valence-corrected chi connectivity index (χ4v) is 4.82. The van der Waals surface area contributed by atoms with Gasteiger partial charge in [-0.1, -0.05) is 54.3 Å². The maximum atomic E-state index is 9.49. The summed E-state index contributed by atoms with van der Waals surface area (Å²) in [5.74, 6) is 1.20. The maximum Gasteiger partial charge on any atom is 0.190 e. The Balaban J connectivity index is 1.74. The highest BCUT2D eigenvalue weighted by Crippen LogP contribution is 2.51. The third kappa shape index (κ3) is 2.60. The van der Waals surface area contributed by atoms with Crippen LogP contribution in [-0.4, -0.2) is 35.7 Å². The Kier molecular flexibility index (Phi) is 4.17. The van der Waals surface area contributed by atoms with Crippen LogP contribution in [0.25, 0.3) is 0 Å². The van der Waals surface area contributed by atoms with Crippen LogP contribution in [0.4, 0.5) is 5.69 Å². The molecule has 2 N–H and O–H groups in total. The van der Waals surface area contributed by atoms with Crippen molar-refractivity contribution in [2.24, 2.45) is 16.0 Å². The Hall–Kier alpha value is -2.05. The molecule has 1 spiro atoms. The molecule has 3 aliphatic rings. The van der Waals surface area contributed by atoms with Gasteiger partial charge in [-0.05, 0) is 19.4 Å². The summed E-state index contributed by atoms with van der Waals surface area (Å²) in [4.78, 5) is 6.40. The molecule has 130 valence electrons. The number of rotatable bonds is 3. The number of nitrogens with one attached hydrogen (secondary N) is 1. The number of fused-ring (bicyclic) bond motifs is 2. The third-order valence-electron chi connectivity index (χ3n) is 4.76. The molecule has 1 aliphatic carbocycles. The lowest BCUT2D eigenvalue weighted by Gasteiger charge is -2.27. The first-order chi connectivity index (χ1) is 12.2. The molecule has 1 aromatic rings. The molecule has 0 amide bonds. The monoisotopic (exact) mass is 354 g/mol. The van der Waals surface area contributed by atoms with Gasteiger partial charge >= 0.3 is 0 Å². The molecule has 2 aliphatic heterocycles. The third-order valence-corrected chi connectivity index (χ3v) is 6.17. The second-order valence-electron chi connectivity index (χ2n) is 6.56. The van der Waals surface area contributed by atoms with Crippen LogP contribution < -0.4 is 10.3 Å². The number of likely N-dealkylation sites (N-methyl/N-ethyl adjacent to an activating group) is 1. The number of hydrogen-bond acceptors (Lipinski definition) is 5. The van der Waals surface area contributed by atoms with Crippen LogP contribution in [0.3, 0.4) is 0 Å². The molecule has 25 heavy (non-hydrogen) atoms. The lowest BCUT2D eigenvalue weighted by Crippen LogP contribution is -2.44. The van der Waals surface area contributed by atoms with E-state index in [0.29, 0.717) is 5.92 Å². The topological polar surface area (TPSA) is 60.2 Å². The SMILES string of the molecule is CC(CO)N=C1N(C)c2ccccc2C12NN=C(C1C=CC=CC1)S2. The van der Waals surface area contributed by atoms with E-state index >= 15 is 0 Å². The average Bonchev–Trinajstić information content (AvgIpc) is 3.20. The predicted octanol–water partition coefficient (Wildman–Crippen LogP) is 2.85. The number of aliphatic imine (C=N–C) groups is 1. The van der Waals surface area contributed by atoms with E-state index in [1.165, 1.54) is 5.56 Å². The van der Waals surface area contributed by atoms with E-state index in [4.69, 9.17) is 4.99 Å². The van der Waals surface area contributed by atoms with E-state index in [9.17, 15) is 5.11 Å². The molecule has 1 aromatic carbocycles. The van der Waals surface area contributed by atoms with E-state index in [1.54, 1.807) is 11.8 Å². The number of aliphatic hydroxyl groups excluding tert-OH is 1. The molecule has 3 unspecified atom stereocenters. The van der Waals surface area contributed by atoms with Crippen molar-refractivity contribution in [1.82, 2.24) is 5.43 Å². The molecule has 0 bridgehead atoms. The number of hydrogen-bond donors (Lipinski definition) is 2. The van der Waals surface area contributed by atoms with Crippen LogP contribution in [0.2, 0.25) is 0 Å². The molecule has 0 saturated carbocycles. The smallest absolute Gasteiger partial charge is 0.190 e. The molecule has 0 aromatic heterocycles. The average molecular weight is 354 g/mol. The summed E-state index contributed by atoms with van der Waals surface area (Å²) in [7, 11) is 2.03. The van der Waals surface area contributed by atoms with Gasteiger partial charge in [0.05, 0.1) is 12.6 Å². The number of thioether (sulfide) groups is 1. The molecule has 0 radical (unpaired) electrons. The Morgan fingerprint density at radius 1 is 1.44 bits per heavy atom. The van der Waals surface area contributed by atoms with Crippen LogP contribution in [0.1, 0.15) is 18.9 Å². The van der Waals surface area contributed by atoms with Gasteiger partial charge in [0, 0.05) is 24.2 Å². The summed E-state index contributed by atoms with van der Waals surface area (Å²) >= 11 is 1.73. The summed E-state index contributed by atoms with van der Waals surface area (Å²) in [5.41, 5.74) is 5.68. The van der Waals surface area contributed by atoms with Crippen molar-refractivity contribution in [3.8, 4) is 0 Å². The molecular weight excluding hydrogens is 332 g/mol. The minimum Gasteiger partial charge on any atom is -0.394 e. The lowest BCUT2D eigenvalue weighted by molar-refractivity contribution is 0.274. The van der Waals surface area contributed by atoms with Gasteiger partial charge in [-0.25, -0.2) is 0 Å². The van der Waals surface area contributed by atoms with Gasteiger partial charge in [0.15, 0.2) is 4.87 Å². The zero-order valence-corrected chi connectivity index (χ0v) is 15.2. The van der Waals surface area contributed by atoms with Gasteiger partial charge in [-0.3, -0.25) is 10.4 Å². The number of aliphatic hydroxyl groups is 1. The van der Waals surface area contributed by atoms with Crippen LogP contribution in [0.5, 0.6) is 0 Å². The van der Waals surface area contributed by atoms with Crippen molar-refractivity contribution in [3.05, 3.63) is 54.1 Å². The number of para-hydroxylation sites is 1. The number of amidine groups is 1. The Morgan fingerprint density at radius 3 is 3.04 bits per heavy atom. The van der Waals surface area contributed by atoms with Crippen LogP contribution in [0.15, 0.2) is 58.7 Å². The van der Waals surface area contributed by atoms with Gasteiger partial charge in [-0.2, -0.15) is 5.10 Å². The molecular formula is C19H22N4OS. The molecule has 2 heterocycles. The van der Waals surface area contributed by atoms with Crippen molar-refractivity contribution in [2.45, 2.75) is 24.3 Å². The van der Waals surface area contributed by atoms with E-state index in [-0.39, 0.29) is 12.6 Å². The van der Waals surface area contributed by atoms with Gasteiger partial charge in [0.1, 0.15) is 10.9 Å². The number of anilines is 1.